The average molecular weight is 556 g/mol. The SMILES string of the molecule is CCOP(COC1CCCOC1)OCC.Nc1ncc2c(F)cc(-c3ccc(C4(C(F)F)CC4)cn3)n2n1. The molecule has 1 saturated carbocycles. The van der Waals surface area contributed by atoms with Gasteiger partial charge in [-0.2, -0.15) is 0 Å². The molecule has 13 heteroatoms. The Morgan fingerprint density at radius 2 is 1.95 bits per heavy atom. The Bertz CT molecular complexity index is 1170. The molecule has 3 aromatic heterocycles. The minimum absolute atomic E-state index is 0.000559. The smallest absolute Gasteiger partial charge is 0.248 e. The minimum atomic E-state index is -2.41. The molecule has 1 atom stereocenters. The third-order valence-corrected chi connectivity index (χ3v) is 7.83. The fourth-order valence-corrected chi connectivity index (χ4v) is 5.30. The standard InChI is InChI=1S/C15H12F3N5.C10H21O4P/c16-9-5-11(23-12(9)7-21-14(19)22-23)10-2-1-8(6-20-10)15(3-4-15)13(17)18;1-3-13-15(14-4-2)9-12-10-6-5-7-11-8-10/h1-2,5-7,13H,3-4H2,(H2,19,22);10H,3-9H2,1-2H3. The van der Waals surface area contributed by atoms with Crippen LogP contribution in [0.3, 0.4) is 0 Å². The molecule has 2 fully saturated rings. The summed E-state index contributed by atoms with van der Waals surface area (Å²) in [5.41, 5.74) is 5.96. The topological polar surface area (TPSA) is 106 Å². The van der Waals surface area contributed by atoms with Gasteiger partial charge in [0, 0.05) is 18.9 Å². The number of fused-ring (bicyclic) bond motifs is 1. The predicted molar refractivity (Wildman–Crippen MR) is 137 cm³/mol. The molecule has 0 radical (unpaired) electrons. The first-order valence-electron chi connectivity index (χ1n) is 12.7. The number of nitrogen functional groups attached to an aromatic ring is 1. The lowest BCUT2D eigenvalue weighted by molar-refractivity contribution is -0.0385. The van der Waals surface area contributed by atoms with Gasteiger partial charge in [0.15, 0.2) is 14.2 Å². The molecule has 1 unspecified atom stereocenters. The minimum Gasteiger partial charge on any atom is -0.379 e. The van der Waals surface area contributed by atoms with Crippen molar-refractivity contribution in [1.82, 2.24) is 19.6 Å². The van der Waals surface area contributed by atoms with Gasteiger partial charge in [-0.1, -0.05) is 6.07 Å². The van der Waals surface area contributed by atoms with Crippen LogP contribution in [0.25, 0.3) is 16.9 Å². The van der Waals surface area contributed by atoms with Crippen molar-refractivity contribution >= 4 is 19.8 Å². The van der Waals surface area contributed by atoms with E-state index < -0.39 is 26.0 Å². The van der Waals surface area contributed by atoms with Crippen LogP contribution >= 0.6 is 8.38 Å². The number of hydrogen-bond acceptors (Lipinski definition) is 8. The van der Waals surface area contributed by atoms with Crippen LogP contribution in [0.1, 0.15) is 45.1 Å². The van der Waals surface area contributed by atoms with Crippen molar-refractivity contribution in [2.24, 2.45) is 0 Å². The van der Waals surface area contributed by atoms with Crippen LogP contribution < -0.4 is 5.73 Å². The van der Waals surface area contributed by atoms with Gasteiger partial charge >= 0.3 is 0 Å². The Morgan fingerprint density at radius 1 is 1.18 bits per heavy atom. The van der Waals surface area contributed by atoms with Gasteiger partial charge in [-0.05, 0) is 51.2 Å². The van der Waals surface area contributed by atoms with E-state index in [9.17, 15) is 13.2 Å². The van der Waals surface area contributed by atoms with Crippen LogP contribution in [-0.4, -0.2) is 64.9 Å². The number of aromatic nitrogens is 4. The molecule has 4 heterocycles. The lowest BCUT2D eigenvalue weighted by Gasteiger charge is -2.24. The van der Waals surface area contributed by atoms with Crippen molar-refractivity contribution in [2.75, 3.05) is 38.5 Å². The molecular formula is C25H33F3N5O4P. The molecule has 2 N–H and O–H groups in total. The van der Waals surface area contributed by atoms with Gasteiger partial charge in [0.2, 0.25) is 12.4 Å². The monoisotopic (exact) mass is 555 g/mol. The van der Waals surface area contributed by atoms with Crippen molar-refractivity contribution in [3.63, 3.8) is 0 Å². The molecule has 9 nitrogen and oxygen atoms in total. The van der Waals surface area contributed by atoms with Crippen molar-refractivity contribution < 1.29 is 31.7 Å². The second kappa shape index (κ2) is 13.1. The van der Waals surface area contributed by atoms with E-state index in [4.69, 9.17) is 24.3 Å². The second-order valence-electron chi connectivity index (χ2n) is 8.98. The number of halogens is 3. The molecule has 1 saturated heterocycles. The lowest BCUT2D eigenvalue weighted by Crippen LogP contribution is -2.25. The molecule has 2 aliphatic rings. The zero-order valence-electron chi connectivity index (χ0n) is 21.5. The largest absolute Gasteiger partial charge is 0.379 e. The predicted octanol–water partition coefficient (Wildman–Crippen LogP) is 5.33. The Labute approximate surface area is 220 Å². The van der Waals surface area contributed by atoms with Crippen LogP contribution in [0.15, 0.2) is 30.6 Å². The number of hydrogen-bond donors (Lipinski definition) is 1. The van der Waals surface area contributed by atoms with E-state index in [1.54, 1.807) is 12.1 Å². The summed E-state index contributed by atoms with van der Waals surface area (Å²) in [7, 11) is -0.863. The van der Waals surface area contributed by atoms with Crippen LogP contribution in [0, 0.1) is 5.82 Å². The fraction of sp³-hybridized carbons (Fsp3) is 0.560. The van der Waals surface area contributed by atoms with Gasteiger partial charge in [0.05, 0.1) is 48.9 Å². The molecule has 5 rings (SSSR count). The zero-order valence-corrected chi connectivity index (χ0v) is 22.4. The van der Waals surface area contributed by atoms with Crippen molar-refractivity contribution in [3.8, 4) is 11.4 Å². The summed E-state index contributed by atoms with van der Waals surface area (Å²) >= 11 is 0. The molecule has 3 aromatic rings. The number of ether oxygens (including phenoxy) is 2. The summed E-state index contributed by atoms with van der Waals surface area (Å²) in [5, 5.41) is 3.97. The number of pyridine rings is 1. The maximum absolute atomic E-state index is 13.9. The van der Waals surface area contributed by atoms with Gasteiger partial charge in [0.1, 0.15) is 11.9 Å². The fourth-order valence-electron chi connectivity index (χ4n) is 4.16. The number of rotatable bonds is 10. The maximum Gasteiger partial charge on any atom is 0.248 e. The van der Waals surface area contributed by atoms with E-state index in [0.29, 0.717) is 56.0 Å². The lowest BCUT2D eigenvalue weighted by atomic mass is 9.98. The Hall–Kier alpha value is -2.37. The highest BCUT2D eigenvalue weighted by Crippen LogP contribution is 2.52. The third kappa shape index (κ3) is 6.79. The first-order chi connectivity index (χ1) is 18.4. The summed E-state index contributed by atoms with van der Waals surface area (Å²) < 4.78 is 63.4. The van der Waals surface area contributed by atoms with Crippen molar-refractivity contribution in [2.45, 2.75) is 57.5 Å². The molecule has 38 heavy (non-hydrogen) atoms. The highest BCUT2D eigenvalue weighted by Gasteiger charge is 2.52. The Kier molecular flexibility index (Phi) is 9.89. The number of anilines is 1. The van der Waals surface area contributed by atoms with E-state index in [2.05, 4.69) is 15.1 Å². The number of nitrogens with two attached hydrogens (primary N) is 1. The average Bonchev–Trinajstić information content (AvgIpc) is 3.68. The van der Waals surface area contributed by atoms with Crippen LogP contribution in [0.5, 0.6) is 0 Å². The molecule has 0 spiro atoms. The summed E-state index contributed by atoms with van der Waals surface area (Å²) in [6.07, 6.45) is 4.18. The molecule has 208 valence electrons. The normalized spacial score (nSPS) is 18.6. The zero-order chi connectivity index (χ0) is 27.1. The quantitative estimate of drug-likeness (QED) is 0.335. The molecule has 0 aromatic carbocycles. The summed E-state index contributed by atoms with van der Waals surface area (Å²) in [4.78, 5) is 7.96. The number of alkyl halides is 2. The van der Waals surface area contributed by atoms with Gasteiger partial charge in [-0.3, -0.25) is 4.98 Å². The second-order valence-corrected chi connectivity index (χ2v) is 10.4. The highest BCUT2D eigenvalue weighted by molar-refractivity contribution is 7.47. The molecule has 0 bridgehead atoms. The number of nitrogens with zero attached hydrogens (tertiary/aromatic N) is 4. The van der Waals surface area contributed by atoms with Crippen LogP contribution in [0.4, 0.5) is 19.1 Å². The Balaban J connectivity index is 0.000000196. The van der Waals surface area contributed by atoms with E-state index in [0.717, 1.165) is 19.4 Å². The van der Waals surface area contributed by atoms with Crippen molar-refractivity contribution in [1.29, 1.82) is 0 Å². The van der Waals surface area contributed by atoms with Gasteiger partial charge in [0.25, 0.3) is 0 Å². The highest BCUT2D eigenvalue weighted by atomic mass is 31.2. The van der Waals surface area contributed by atoms with Gasteiger partial charge in [-0.15, -0.1) is 5.10 Å². The van der Waals surface area contributed by atoms with Crippen molar-refractivity contribution in [3.05, 3.63) is 42.0 Å². The third-order valence-electron chi connectivity index (χ3n) is 6.37. The van der Waals surface area contributed by atoms with Gasteiger partial charge in [-0.25, -0.2) is 22.7 Å². The summed E-state index contributed by atoms with van der Waals surface area (Å²) in [6.45, 7) is 6.87. The molecule has 1 aliphatic carbocycles. The molecule has 1 aliphatic heterocycles. The van der Waals surface area contributed by atoms with E-state index in [1.165, 1.54) is 23.0 Å². The van der Waals surface area contributed by atoms with E-state index in [1.807, 2.05) is 13.8 Å². The summed E-state index contributed by atoms with van der Waals surface area (Å²) in [5.74, 6) is -0.502. The summed E-state index contributed by atoms with van der Waals surface area (Å²) in [6, 6.07) is 4.48. The maximum atomic E-state index is 13.9. The van der Waals surface area contributed by atoms with Crippen LogP contribution in [0.2, 0.25) is 0 Å². The van der Waals surface area contributed by atoms with E-state index >= 15 is 0 Å². The molecule has 0 amide bonds. The van der Waals surface area contributed by atoms with Gasteiger partial charge < -0.3 is 24.3 Å². The first kappa shape index (κ1) is 28.6. The van der Waals surface area contributed by atoms with Crippen LogP contribution in [-0.2, 0) is 23.9 Å². The first-order valence-corrected chi connectivity index (χ1v) is 14.0. The van der Waals surface area contributed by atoms with E-state index in [-0.39, 0.29) is 17.6 Å². The molecular weight excluding hydrogens is 522 g/mol. The Morgan fingerprint density at radius 3 is 2.53 bits per heavy atom.